The number of anilines is 3. The van der Waals surface area contributed by atoms with Gasteiger partial charge < -0.3 is 21.1 Å². The lowest BCUT2D eigenvalue weighted by Gasteiger charge is -2.42. The maximum Gasteiger partial charge on any atom is 0.274 e. The molecule has 6 rings (SSSR count). The number of rotatable bonds is 5. The number of nitrogens with zero attached hydrogens (tertiary/aromatic N) is 5. The summed E-state index contributed by atoms with van der Waals surface area (Å²) in [5.74, 6) is 0.356. The summed E-state index contributed by atoms with van der Waals surface area (Å²) in [4.78, 5) is 41.9. The minimum absolute atomic E-state index is 0.223. The van der Waals surface area contributed by atoms with Crippen molar-refractivity contribution in [1.82, 2.24) is 19.4 Å². The van der Waals surface area contributed by atoms with Crippen molar-refractivity contribution >= 4 is 52.2 Å². The van der Waals surface area contributed by atoms with Crippen molar-refractivity contribution in [2.75, 3.05) is 29.0 Å². The fourth-order valence-electron chi connectivity index (χ4n) is 6.10. The fourth-order valence-corrected chi connectivity index (χ4v) is 7.20. The highest BCUT2D eigenvalue weighted by Crippen LogP contribution is 2.50. The number of nitrogens with two attached hydrogens (primary N) is 1. The Kier molecular flexibility index (Phi) is 7.25. The van der Waals surface area contributed by atoms with E-state index in [0.29, 0.717) is 21.2 Å². The average Bonchev–Trinajstić information content (AvgIpc) is 3.31. The molecule has 2 fully saturated rings. The van der Waals surface area contributed by atoms with Crippen LogP contribution in [0.3, 0.4) is 0 Å². The van der Waals surface area contributed by atoms with Crippen LogP contribution in [0.5, 0.6) is 5.88 Å². The number of carbonyl (C=O) groups is 1. The van der Waals surface area contributed by atoms with E-state index in [1.807, 2.05) is 0 Å². The highest BCUT2D eigenvalue weighted by molar-refractivity contribution is 7.99. The molecule has 1 saturated heterocycles. The van der Waals surface area contributed by atoms with Gasteiger partial charge in [-0.1, -0.05) is 55.3 Å². The Hall–Kier alpha value is -3.83. The molecule has 1 saturated carbocycles. The number of piperidine rings is 1. The number of nitrogen functional groups attached to an aromatic ring is 1. The molecule has 0 unspecified atom stereocenters. The number of hydrogen-bond donors (Lipinski definition) is 3. The van der Waals surface area contributed by atoms with E-state index in [9.17, 15) is 14.7 Å². The van der Waals surface area contributed by atoms with Crippen molar-refractivity contribution < 1.29 is 9.90 Å². The Bertz CT molecular complexity index is 1700. The normalized spacial score (nSPS) is 18.2. The van der Waals surface area contributed by atoms with Crippen LogP contribution in [0, 0.1) is 11.3 Å². The molecule has 1 aliphatic carbocycles. The second-order valence-corrected chi connectivity index (χ2v) is 12.2. The molecule has 41 heavy (non-hydrogen) atoms. The summed E-state index contributed by atoms with van der Waals surface area (Å²) in [7, 11) is 0. The van der Waals surface area contributed by atoms with Crippen LogP contribution in [0.25, 0.3) is 5.65 Å². The van der Waals surface area contributed by atoms with Crippen LogP contribution in [0.2, 0.25) is 5.02 Å². The first kappa shape index (κ1) is 27.3. The molecule has 0 radical (unpaired) electrons. The van der Waals surface area contributed by atoms with E-state index in [0.717, 1.165) is 24.8 Å². The number of carbonyl (C=O) groups excluding carboxylic acids is 1. The summed E-state index contributed by atoms with van der Waals surface area (Å²) >= 11 is 7.88. The molecule has 3 aromatic heterocycles. The van der Waals surface area contributed by atoms with Crippen molar-refractivity contribution in [2.45, 2.75) is 48.9 Å². The van der Waals surface area contributed by atoms with Crippen molar-refractivity contribution in [3.63, 3.8) is 0 Å². The van der Waals surface area contributed by atoms with Gasteiger partial charge >= 0.3 is 0 Å². The van der Waals surface area contributed by atoms with Crippen LogP contribution >= 0.6 is 23.4 Å². The van der Waals surface area contributed by atoms with E-state index in [1.165, 1.54) is 54.5 Å². The van der Waals surface area contributed by atoms with E-state index in [-0.39, 0.29) is 16.4 Å². The van der Waals surface area contributed by atoms with Gasteiger partial charge in [-0.2, -0.15) is 4.98 Å². The summed E-state index contributed by atoms with van der Waals surface area (Å²) < 4.78 is 1.19. The number of hydrogen-bond acceptors (Lipinski definition) is 9. The Morgan fingerprint density at radius 3 is 2.71 bits per heavy atom. The molecule has 10 nitrogen and oxygen atoms in total. The van der Waals surface area contributed by atoms with E-state index in [1.54, 1.807) is 42.6 Å². The minimum Gasteiger partial charge on any atom is -0.493 e. The number of benzene rings is 1. The minimum atomic E-state index is -0.832. The SMILES string of the molecule is C[C@@H]1CCCC12CCN(c1cnc(Sc3cccc(NC(=O)c4c(O)nc5ccccn5c4=O)c3Cl)c(N)n1)CC2. The van der Waals surface area contributed by atoms with Gasteiger partial charge in [0, 0.05) is 24.2 Å². The molecule has 0 bridgehead atoms. The van der Waals surface area contributed by atoms with Gasteiger partial charge in [0.05, 0.1) is 16.9 Å². The molecule has 1 aliphatic heterocycles. The molecule has 12 heteroatoms. The molecule has 4 heterocycles. The molecule has 1 aromatic carbocycles. The molecule has 1 spiro atoms. The predicted octanol–water partition coefficient (Wildman–Crippen LogP) is 5.24. The third-order valence-corrected chi connectivity index (χ3v) is 10.1. The van der Waals surface area contributed by atoms with Crippen LogP contribution in [0.1, 0.15) is 49.4 Å². The van der Waals surface area contributed by atoms with Crippen LogP contribution in [-0.2, 0) is 0 Å². The first-order chi connectivity index (χ1) is 19.8. The summed E-state index contributed by atoms with van der Waals surface area (Å²) in [6, 6.07) is 9.94. The van der Waals surface area contributed by atoms with Gasteiger partial charge in [0.25, 0.3) is 11.5 Å². The third-order valence-electron chi connectivity index (χ3n) is 8.55. The largest absolute Gasteiger partial charge is 0.493 e. The Labute approximate surface area is 246 Å². The number of pyridine rings is 1. The molecular formula is C29H30ClN7O3S. The van der Waals surface area contributed by atoms with Crippen LogP contribution in [0.15, 0.2) is 63.5 Å². The van der Waals surface area contributed by atoms with Gasteiger partial charge in [0.2, 0.25) is 5.88 Å². The maximum atomic E-state index is 13.0. The van der Waals surface area contributed by atoms with E-state index >= 15 is 0 Å². The van der Waals surface area contributed by atoms with Gasteiger partial charge in [-0.05, 0) is 54.9 Å². The Morgan fingerprint density at radius 2 is 1.98 bits per heavy atom. The standard InChI is InChI=1S/C29H30ClN7O3S/c1-17-6-5-10-29(17)11-14-36(15-12-29)21-16-32-27(24(31)34-21)41-19-8-4-7-18(23(19)30)33-25(38)22-26(39)35-20-9-2-3-13-37(20)28(22)40/h2-4,7-9,13,16-17,39H,5-6,10-12,14-15H2,1H3,(H2,31,34)(H,33,38)/t17-/m1/s1. The van der Waals surface area contributed by atoms with Crippen LogP contribution in [-0.4, -0.2) is 43.5 Å². The van der Waals surface area contributed by atoms with Crippen molar-refractivity contribution in [3.05, 3.63) is 69.7 Å². The van der Waals surface area contributed by atoms with E-state index < -0.39 is 22.9 Å². The van der Waals surface area contributed by atoms with Crippen molar-refractivity contribution in [1.29, 1.82) is 0 Å². The van der Waals surface area contributed by atoms with Gasteiger partial charge in [-0.25, -0.2) is 9.97 Å². The smallest absolute Gasteiger partial charge is 0.274 e. The van der Waals surface area contributed by atoms with Crippen LogP contribution in [0.4, 0.5) is 17.3 Å². The third kappa shape index (κ3) is 5.08. The molecule has 1 amide bonds. The Balaban J connectivity index is 1.18. The van der Waals surface area contributed by atoms with Crippen LogP contribution < -0.4 is 21.5 Å². The monoisotopic (exact) mass is 591 g/mol. The number of amides is 1. The molecule has 4 N–H and O–H groups in total. The number of nitrogens with one attached hydrogen (secondary N) is 1. The first-order valence-electron chi connectivity index (χ1n) is 13.6. The second kappa shape index (κ2) is 10.9. The lowest BCUT2D eigenvalue weighted by molar-refractivity contribution is 0.102. The predicted molar refractivity (Wildman–Crippen MR) is 160 cm³/mol. The van der Waals surface area contributed by atoms with Gasteiger partial charge in [0.15, 0.2) is 11.4 Å². The molecule has 2 aliphatic rings. The molecule has 212 valence electrons. The maximum absolute atomic E-state index is 13.0. The van der Waals surface area contributed by atoms with Crippen molar-refractivity contribution in [3.8, 4) is 5.88 Å². The molecule has 4 aromatic rings. The number of aromatic hydroxyl groups is 1. The number of aromatic nitrogens is 4. The lowest BCUT2D eigenvalue weighted by Crippen LogP contribution is -2.41. The lowest BCUT2D eigenvalue weighted by atomic mass is 9.71. The molecule has 1 atom stereocenters. The van der Waals surface area contributed by atoms with Crippen molar-refractivity contribution in [2.24, 2.45) is 11.3 Å². The van der Waals surface area contributed by atoms with Gasteiger partial charge in [0.1, 0.15) is 16.5 Å². The zero-order valence-electron chi connectivity index (χ0n) is 22.5. The zero-order valence-corrected chi connectivity index (χ0v) is 24.1. The van der Waals surface area contributed by atoms with E-state index in [2.05, 4.69) is 32.1 Å². The summed E-state index contributed by atoms with van der Waals surface area (Å²) in [5.41, 5.74) is 6.10. The first-order valence-corrected chi connectivity index (χ1v) is 14.8. The quantitative estimate of drug-likeness (QED) is 0.284. The average molecular weight is 592 g/mol. The summed E-state index contributed by atoms with van der Waals surface area (Å²) in [6.07, 6.45) is 9.53. The summed E-state index contributed by atoms with van der Waals surface area (Å²) in [6.45, 7) is 4.29. The Morgan fingerprint density at radius 1 is 1.17 bits per heavy atom. The highest BCUT2D eigenvalue weighted by atomic mass is 35.5. The fraction of sp³-hybridized carbons (Fsp3) is 0.345. The molecular weight excluding hydrogens is 562 g/mol. The van der Waals surface area contributed by atoms with E-state index in [4.69, 9.17) is 17.3 Å². The zero-order chi connectivity index (χ0) is 28.7. The topological polar surface area (TPSA) is 139 Å². The van der Waals surface area contributed by atoms with Gasteiger partial charge in [-0.15, -0.1) is 0 Å². The second-order valence-electron chi connectivity index (χ2n) is 10.8. The highest BCUT2D eigenvalue weighted by Gasteiger charge is 2.42. The number of halogens is 1. The van der Waals surface area contributed by atoms with Gasteiger partial charge in [-0.3, -0.25) is 14.0 Å². The number of fused-ring (bicyclic) bond motifs is 1. The summed E-state index contributed by atoms with van der Waals surface area (Å²) in [5, 5.41) is 13.7.